The van der Waals surface area contributed by atoms with Gasteiger partial charge in [-0.05, 0) is 29.9 Å². The van der Waals surface area contributed by atoms with Crippen LogP contribution in [-0.2, 0) is 9.63 Å². The molecule has 0 heterocycles. The summed E-state index contributed by atoms with van der Waals surface area (Å²) in [5.74, 6) is 0. The number of halogens is 1. The zero-order valence-corrected chi connectivity index (χ0v) is 9.60. The largest absolute Gasteiger partial charge is 0.395 e. The van der Waals surface area contributed by atoms with Crippen LogP contribution in [-0.4, -0.2) is 18.1 Å². The van der Waals surface area contributed by atoms with Crippen LogP contribution in [0.15, 0.2) is 5.16 Å². The van der Waals surface area contributed by atoms with Crippen molar-refractivity contribution in [3.8, 4) is 0 Å². The first kappa shape index (κ1) is 11.5. The van der Waals surface area contributed by atoms with Gasteiger partial charge in [0.1, 0.15) is 6.61 Å². The summed E-state index contributed by atoms with van der Waals surface area (Å²) < 4.78 is 0. The Kier molecular flexibility index (Phi) is 3.20. The molecule has 14 heavy (non-hydrogen) atoms. The number of oxime groups is 1. The average molecular weight is 218 g/mol. The number of hydrogen-bond acceptors (Lipinski definition) is 3. The van der Waals surface area contributed by atoms with E-state index >= 15 is 0 Å². The van der Waals surface area contributed by atoms with Gasteiger partial charge in [-0.25, -0.2) is 0 Å². The molecular weight excluding hydrogens is 202 g/mol. The quantitative estimate of drug-likeness (QED) is 0.413. The average Bonchev–Trinajstić information content (AvgIpc) is 2.77. The zero-order valence-electron chi connectivity index (χ0n) is 8.84. The van der Waals surface area contributed by atoms with Gasteiger partial charge in [0.15, 0.2) is 0 Å². The zero-order chi connectivity index (χ0) is 10.8. The Labute approximate surface area is 89.4 Å². The SMILES string of the molecule is CC(C)(C)CON=CC1(C(=O)Cl)CC1. The fourth-order valence-electron chi connectivity index (χ4n) is 0.880. The van der Waals surface area contributed by atoms with E-state index in [1.807, 2.05) is 0 Å². The summed E-state index contributed by atoms with van der Waals surface area (Å²) in [7, 11) is 0. The first-order valence-corrected chi connectivity index (χ1v) is 5.10. The molecule has 0 amide bonds. The molecule has 1 rings (SSSR count). The highest BCUT2D eigenvalue weighted by atomic mass is 35.5. The molecule has 1 aliphatic rings. The van der Waals surface area contributed by atoms with Crippen molar-refractivity contribution in [3.63, 3.8) is 0 Å². The van der Waals surface area contributed by atoms with Crippen molar-refractivity contribution >= 4 is 23.1 Å². The second-order valence-electron chi connectivity index (χ2n) is 5.00. The normalized spacial score (nSPS) is 19.7. The van der Waals surface area contributed by atoms with Crippen molar-refractivity contribution in [2.75, 3.05) is 6.61 Å². The third kappa shape index (κ3) is 3.29. The summed E-state index contributed by atoms with van der Waals surface area (Å²) in [6.45, 7) is 6.71. The van der Waals surface area contributed by atoms with E-state index in [1.54, 1.807) is 0 Å². The van der Waals surface area contributed by atoms with Crippen LogP contribution < -0.4 is 0 Å². The van der Waals surface area contributed by atoms with Gasteiger partial charge in [0, 0.05) is 0 Å². The molecule has 0 radical (unpaired) electrons. The number of carbonyl (C=O) groups excluding carboxylic acids is 1. The molecule has 0 bridgehead atoms. The molecule has 0 aromatic rings. The highest BCUT2D eigenvalue weighted by Crippen LogP contribution is 2.45. The lowest BCUT2D eigenvalue weighted by Crippen LogP contribution is -2.14. The van der Waals surface area contributed by atoms with E-state index in [0.29, 0.717) is 6.61 Å². The fraction of sp³-hybridized carbons (Fsp3) is 0.800. The molecule has 4 heteroatoms. The Balaban J connectivity index is 2.32. The first-order chi connectivity index (χ1) is 6.36. The monoisotopic (exact) mass is 217 g/mol. The maximum absolute atomic E-state index is 10.9. The molecule has 0 N–H and O–H groups in total. The minimum absolute atomic E-state index is 0.0824. The molecule has 0 aromatic carbocycles. The van der Waals surface area contributed by atoms with E-state index < -0.39 is 5.41 Å². The Morgan fingerprint density at radius 2 is 2.14 bits per heavy atom. The predicted octanol–water partition coefficient (Wildman–Crippen LogP) is 2.58. The van der Waals surface area contributed by atoms with Crippen LogP contribution in [0.1, 0.15) is 33.6 Å². The number of hydrogen-bond donors (Lipinski definition) is 0. The van der Waals surface area contributed by atoms with Crippen LogP contribution in [0.3, 0.4) is 0 Å². The number of rotatable bonds is 4. The van der Waals surface area contributed by atoms with E-state index in [1.165, 1.54) is 6.21 Å². The number of nitrogens with zero attached hydrogens (tertiary/aromatic N) is 1. The van der Waals surface area contributed by atoms with Crippen LogP contribution in [0.25, 0.3) is 0 Å². The summed E-state index contributed by atoms with van der Waals surface area (Å²) in [6.07, 6.45) is 3.11. The molecule has 0 atom stereocenters. The molecular formula is C10H16ClNO2. The van der Waals surface area contributed by atoms with Crippen LogP contribution in [0.4, 0.5) is 0 Å². The topological polar surface area (TPSA) is 38.7 Å². The van der Waals surface area contributed by atoms with E-state index in [-0.39, 0.29) is 10.7 Å². The van der Waals surface area contributed by atoms with Crippen molar-refractivity contribution < 1.29 is 9.63 Å². The van der Waals surface area contributed by atoms with Crippen molar-refractivity contribution in [2.24, 2.45) is 16.0 Å². The van der Waals surface area contributed by atoms with Gasteiger partial charge in [-0.2, -0.15) is 0 Å². The summed E-state index contributed by atoms with van der Waals surface area (Å²) in [6, 6.07) is 0. The van der Waals surface area contributed by atoms with Gasteiger partial charge in [-0.15, -0.1) is 0 Å². The Hall–Kier alpha value is -0.570. The molecule has 1 saturated carbocycles. The second-order valence-corrected chi connectivity index (χ2v) is 5.34. The molecule has 80 valence electrons. The lowest BCUT2D eigenvalue weighted by Gasteiger charge is -2.15. The molecule has 1 aliphatic carbocycles. The highest BCUT2D eigenvalue weighted by Gasteiger charge is 2.48. The summed E-state index contributed by atoms with van der Waals surface area (Å²) in [5.41, 5.74) is -0.432. The smallest absolute Gasteiger partial charge is 0.233 e. The molecule has 0 aromatic heterocycles. The molecule has 3 nitrogen and oxygen atoms in total. The van der Waals surface area contributed by atoms with E-state index in [0.717, 1.165) is 12.8 Å². The molecule has 1 fully saturated rings. The van der Waals surface area contributed by atoms with E-state index in [9.17, 15) is 4.79 Å². The van der Waals surface area contributed by atoms with Gasteiger partial charge >= 0.3 is 0 Å². The van der Waals surface area contributed by atoms with Crippen molar-refractivity contribution in [1.82, 2.24) is 0 Å². The Morgan fingerprint density at radius 1 is 1.57 bits per heavy atom. The van der Waals surface area contributed by atoms with Crippen molar-refractivity contribution in [2.45, 2.75) is 33.6 Å². The van der Waals surface area contributed by atoms with Gasteiger partial charge in [-0.3, -0.25) is 4.79 Å². The maximum Gasteiger partial charge on any atom is 0.233 e. The number of carbonyl (C=O) groups is 1. The summed E-state index contributed by atoms with van der Waals surface area (Å²) >= 11 is 5.42. The lowest BCUT2D eigenvalue weighted by atomic mass is 9.99. The minimum atomic E-state index is -0.514. The second kappa shape index (κ2) is 3.89. The fourth-order valence-corrected chi connectivity index (χ4v) is 1.12. The van der Waals surface area contributed by atoms with Crippen molar-refractivity contribution in [3.05, 3.63) is 0 Å². The van der Waals surface area contributed by atoms with Gasteiger partial charge in [0.25, 0.3) is 0 Å². The highest BCUT2D eigenvalue weighted by molar-refractivity contribution is 6.66. The molecule has 0 saturated heterocycles. The van der Waals surface area contributed by atoms with E-state index in [4.69, 9.17) is 16.4 Å². The first-order valence-electron chi connectivity index (χ1n) is 4.72. The minimum Gasteiger partial charge on any atom is -0.395 e. The Morgan fingerprint density at radius 3 is 2.50 bits per heavy atom. The van der Waals surface area contributed by atoms with Gasteiger partial charge in [-0.1, -0.05) is 25.9 Å². The van der Waals surface area contributed by atoms with Gasteiger partial charge < -0.3 is 4.84 Å². The molecule has 0 aliphatic heterocycles. The van der Waals surface area contributed by atoms with Crippen LogP contribution in [0.2, 0.25) is 0 Å². The van der Waals surface area contributed by atoms with Crippen molar-refractivity contribution in [1.29, 1.82) is 0 Å². The Bertz CT molecular complexity index is 251. The maximum atomic E-state index is 10.9. The third-order valence-corrected chi connectivity index (χ3v) is 2.43. The van der Waals surface area contributed by atoms with Gasteiger partial charge in [0.2, 0.25) is 5.24 Å². The predicted molar refractivity (Wildman–Crippen MR) is 56.4 cm³/mol. The van der Waals surface area contributed by atoms with Crippen LogP contribution in [0, 0.1) is 10.8 Å². The van der Waals surface area contributed by atoms with E-state index in [2.05, 4.69) is 25.9 Å². The lowest BCUT2D eigenvalue weighted by molar-refractivity contribution is -0.114. The van der Waals surface area contributed by atoms with Gasteiger partial charge in [0.05, 0.1) is 11.6 Å². The molecule has 0 unspecified atom stereocenters. The summed E-state index contributed by atoms with van der Waals surface area (Å²) in [5, 5.41) is 3.45. The molecule has 0 spiro atoms. The summed E-state index contributed by atoms with van der Waals surface area (Å²) in [4.78, 5) is 16.0. The van der Waals surface area contributed by atoms with Crippen LogP contribution in [0.5, 0.6) is 0 Å². The standard InChI is InChI=1S/C10H16ClNO2/c1-9(2,3)7-14-12-6-10(4-5-10)8(11)13/h6H,4-5,7H2,1-3H3. The van der Waals surface area contributed by atoms with Crippen LogP contribution >= 0.6 is 11.6 Å². The third-order valence-electron chi connectivity index (χ3n) is 2.05.